The highest BCUT2D eigenvalue weighted by Gasteiger charge is 2.15. The normalized spacial score (nSPS) is 11.5. The molecule has 0 aliphatic heterocycles. The van der Waals surface area contributed by atoms with Gasteiger partial charge in [0, 0.05) is 11.3 Å². The first-order chi connectivity index (χ1) is 13.4. The predicted molar refractivity (Wildman–Crippen MR) is 109 cm³/mol. The summed E-state index contributed by atoms with van der Waals surface area (Å²) in [7, 11) is -2.24. The van der Waals surface area contributed by atoms with Crippen LogP contribution in [0.25, 0.3) is 20.8 Å². The molecule has 0 saturated heterocycles. The van der Waals surface area contributed by atoms with Crippen molar-refractivity contribution in [3.8, 4) is 16.3 Å². The summed E-state index contributed by atoms with van der Waals surface area (Å²) in [5, 5.41) is 0.822. The van der Waals surface area contributed by atoms with Crippen molar-refractivity contribution in [2.75, 3.05) is 11.8 Å². The lowest BCUT2D eigenvalue weighted by Gasteiger charge is -2.08. The first-order valence-electron chi connectivity index (χ1n) is 8.28. The van der Waals surface area contributed by atoms with E-state index in [9.17, 15) is 12.8 Å². The van der Waals surface area contributed by atoms with E-state index in [4.69, 9.17) is 4.74 Å². The average molecular weight is 414 g/mol. The smallest absolute Gasteiger partial charge is 0.261 e. The van der Waals surface area contributed by atoms with E-state index in [-0.39, 0.29) is 4.90 Å². The van der Waals surface area contributed by atoms with E-state index in [1.165, 1.54) is 29.5 Å². The van der Waals surface area contributed by atoms with E-state index in [0.29, 0.717) is 5.69 Å². The second-order valence-electron chi connectivity index (χ2n) is 5.99. The van der Waals surface area contributed by atoms with Crippen LogP contribution in [0.5, 0.6) is 5.75 Å². The molecule has 28 heavy (non-hydrogen) atoms. The van der Waals surface area contributed by atoms with Gasteiger partial charge in [-0.15, -0.1) is 11.3 Å². The van der Waals surface area contributed by atoms with Gasteiger partial charge >= 0.3 is 0 Å². The molecular weight excluding hydrogens is 399 g/mol. The summed E-state index contributed by atoms with van der Waals surface area (Å²) in [6.45, 7) is 0. The number of hydrogen-bond acceptors (Lipinski definition) is 5. The van der Waals surface area contributed by atoms with Gasteiger partial charge in [-0.1, -0.05) is 6.07 Å². The van der Waals surface area contributed by atoms with Gasteiger partial charge in [0.2, 0.25) is 0 Å². The van der Waals surface area contributed by atoms with Gasteiger partial charge in [0.05, 0.1) is 22.2 Å². The Labute approximate surface area is 165 Å². The number of hydrogen-bond donors (Lipinski definition) is 1. The number of anilines is 1. The molecule has 3 aromatic carbocycles. The van der Waals surface area contributed by atoms with E-state index in [1.54, 1.807) is 31.4 Å². The zero-order chi connectivity index (χ0) is 19.7. The van der Waals surface area contributed by atoms with Crippen molar-refractivity contribution in [2.45, 2.75) is 4.90 Å². The number of fused-ring (bicyclic) bond motifs is 1. The molecule has 0 aliphatic carbocycles. The van der Waals surface area contributed by atoms with Crippen molar-refractivity contribution in [1.29, 1.82) is 0 Å². The maximum atomic E-state index is 13.3. The van der Waals surface area contributed by atoms with Crippen LogP contribution in [0, 0.1) is 5.82 Å². The topological polar surface area (TPSA) is 68.3 Å². The van der Waals surface area contributed by atoms with Gasteiger partial charge in [-0.3, -0.25) is 4.72 Å². The number of thiazole rings is 1. The molecule has 5 nitrogen and oxygen atoms in total. The van der Waals surface area contributed by atoms with Gasteiger partial charge in [0.25, 0.3) is 10.0 Å². The van der Waals surface area contributed by atoms with Crippen LogP contribution in [0.4, 0.5) is 10.1 Å². The van der Waals surface area contributed by atoms with Gasteiger partial charge in [-0.2, -0.15) is 0 Å². The molecule has 0 unspecified atom stereocenters. The molecule has 0 aliphatic rings. The fraction of sp³-hybridized carbons (Fsp3) is 0.0500. The lowest BCUT2D eigenvalue weighted by Crippen LogP contribution is -2.13. The molecule has 0 fully saturated rings. The van der Waals surface area contributed by atoms with Crippen LogP contribution in [0.1, 0.15) is 0 Å². The Kier molecular flexibility index (Phi) is 4.74. The van der Waals surface area contributed by atoms with Gasteiger partial charge < -0.3 is 4.74 Å². The molecule has 0 spiro atoms. The Morgan fingerprint density at radius 3 is 2.54 bits per heavy atom. The summed E-state index contributed by atoms with van der Waals surface area (Å²) in [6.07, 6.45) is 0. The Bertz CT molecular complexity index is 1250. The molecule has 0 amide bonds. The molecule has 4 aromatic rings. The zero-order valence-electron chi connectivity index (χ0n) is 14.7. The lowest BCUT2D eigenvalue weighted by atomic mass is 10.2. The molecule has 1 heterocycles. The Hall–Kier alpha value is -2.97. The second-order valence-corrected chi connectivity index (χ2v) is 8.71. The molecule has 0 bridgehead atoms. The number of rotatable bonds is 5. The van der Waals surface area contributed by atoms with E-state index >= 15 is 0 Å². The number of methoxy groups -OCH3 is 1. The van der Waals surface area contributed by atoms with Crippen LogP contribution in [-0.2, 0) is 10.0 Å². The molecular formula is C20H15FN2O3S2. The van der Waals surface area contributed by atoms with Gasteiger partial charge in [-0.05, 0) is 60.7 Å². The third kappa shape index (κ3) is 3.69. The van der Waals surface area contributed by atoms with Crippen molar-refractivity contribution >= 4 is 37.3 Å². The molecule has 1 N–H and O–H groups in total. The van der Waals surface area contributed by atoms with Gasteiger partial charge in [-0.25, -0.2) is 17.8 Å². The minimum absolute atomic E-state index is 0.128. The molecule has 0 atom stereocenters. The summed E-state index contributed by atoms with van der Waals surface area (Å²) in [5.74, 6) is 0.162. The first kappa shape index (κ1) is 18.4. The van der Waals surface area contributed by atoms with Crippen LogP contribution in [0.2, 0.25) is 0 Å². The Morgan fingerprint density at radius 1 is 1.04 bits per heavy atom. The van der Waals surface area contributed by atoms with Crippen LogP contribution in [0.3, 0.4) is 0 Å². The third-order valence-electron chi connectivity index (χ3n) is 4.09. The molecule has 4 rings (SSSR count). The quantitative estimate of drug-likeness (QED) is 0.504. The molecule has 8 heteroatoms. The first-order valence-corrected chi connectivity index (χ1v) is 10.6. The SMILES string of the molecule is COc1ccc2nc(-c3ccc(NS(=O)(=O)c4cccc(F)c4)cc3)sc2c1. The summed E-state index contributed by atoms with van der Waals surface area (Å²) in [4.78, 5) is 4.47. The van der Waals surface area contributed by atoms with E-state index in [1.807, 2.05) is 18.2 Å². The van der Waals surface area contributed by atoms with Crippen molar-refractivity contribution in [2.24, 2.45) is 0 Å². The number of benzene rings is 3. The fourth-order valence-corrected chi connectivity index (χ4v) is 4.77. The fourth-order valence-electron chi connectivity index (χ4n) is 2.68. The predicted octanol–water partition coefficient (Wildman–Crippen LogP) is 4.91. The standard InChI is InChI=1S/C20H15FN2O3S2/c1-26-16-9-10-18-19(12-16)27-20(22-18)13-5-7-15(8-6-13)23-28(24,25)17-4-2-3-14(21)11-17/h2-12,23H,1H3. The lowest BCUT2D eigenvalue weighted by molar-refractivity contribution is 0.415. The number of aromatic nitrogens is 1. The zero-order valence-corrected chi connectivity index (χ0v) is 16.4. The molecule has 142 valence electrons. The van der Waals surface area contributed by atoms with Gasteiger partial charge in [0.15, 0.2) is 0 Å². The third-order valence-corrected chi connectivity index (χ3v) is 6.53. The van der Waals surface area contributed by atoms with Crippen LogP contribution >= 0.6 is 11.3 Å². The molecule has 0 radical (unpaired) electrons. The summed E-state index contributed by atoms with van der Waals surface area (Å²) in [6, 6.07) is 17.4. The summed E-state index contributed by atoms with van der Waals surface area (Å²) in [5.41, 5.74) is 2.13. The van der Waals surface area contributed by atoms with E-state index in [2.05, 4.69) is 9.71 Å². The number of nitrogens with one attached hydrogen (secondary N) is 1. The summed E-state index contributed by atoms with van der Waals surface area (Å²) >= 11 is 1.53. The van der Waals surface area contributed by atoms with Crippen molar-refractivity contribution in [3.63, 3.8) is 0 Å². The van der Waals surface area contributed by atoms with Crippen LogP contribution < -0.4 is 9.46 Å². The van der Waals surface area contributed by atoms with Crippen molar-refractivity contribution in [1.82, 2.24) is 4.98 Å². The maximum Gasteiger partial charge on any atom is 0.261 e. The highest BCUT2D eigenvalue weighted by molar-refractivity contribution is 7.92. The van der Waals surface area contributed by atoms with Crippen molar-refractivity contribution < 1.29 is 17.5 Å². The van der Waals surface area contributed by atoms with Gasteiger partial charge in [0.1, 0.15) is 16.6 Å². The van der Waals surface area contributed by atoms with Crippen LogP contribution in [0.15, 0.2) is 71.6 Å². The van der Waals surface area contributed by atoms with Crippen LogP contribution in [-0.4, -0.2) is 20.5 Å². The van der Waals surface area contributed by atoms with Crippen molar-refractivity contribution in [3.05, 3.63) is 72.5 Å². The Morgan fingerprint density at radius 2 is 1.82 bits per heavy atom. The highest BCUT2D eigenvalue weighted by atomic mass is 32.2. The van der Waals surface area contributed by atoms with E-state index in [0.717, 1.165) is 32.6 Å². The highest BCUT2D eigenvalue weighted by Crippen LogP contribution is 2.33. The number of nitrogens with zero attached hydrogens (tertiary/aromatic N) is 1. The monoisotopic (exact) mass is 414 g/mol. The van der Waals surface area contributed by atoms with E-state index < -0.39 is 15.8 Å². The second kappa shape index (κ2) is 7.21. The minimum Gasteiger partial charge on any atom is -0.497 e. The Balaban J connectivity index is 1.59. The molecule has 1 aromatic heterocycles. The number of halogens is 1. The average Bonchev–Trinajstić information content (AvgIpc) is 3.11. The largest absolute Gasteiger partial charge is 0.497 e. The number of ether oxygens (including phenoxy) is 1. The minimum atomic E-state index is -3.86. The maximum absolute atomic E-state index is 13.3. The molecule has 0 saturated carbocycles. The summed E-state index contributed by atoms with van der Waals surface area (Å²) < 4.78 is 46.8. The number of sulfonamides is 1.